The molecule has 4 heteroatoms. The fourth-order valence-electron chi connectivity index (χ4n) is 2.73. The maximum Gasteiger partial charge on any atom is 0.0713 e. The van der Waals surface area contributed by atoms with Gasteiger partial charge in [-0.3, -0.25) is 0 Å². The largest absolute Gasteiger partial charge is 0.396 e. The van der Waals surface area contributed by atoms with Gasteiger partial charge in [0.05, 0.1) is 5.60 Å². The Balaban J connectivity index is 1.79. The Morgan fingerprint density at radius 3 is 2.94 bits per heavy atom. The van der Waals surface area contributed by atoms with Crippen LogP contribution in [-0.2, 0) is 4.74 Å². The van der Waals surface area contributed by atoms with Crippen LogP contribution in [0.4, 0.5) is 0 Å². The number of aliphatic hydroxyl groups excluding tert-OH is 1. The SMILES string of the molecule is CC(CO)CNC1CCOC2(CCSCC2)C1. The van der Waals surface area contributed by atoms with Crippen molar-refractivity contribution in [2.75, 3.05) is 31.3 Å². The van der Waals surface area contributed by atoms with E-state index >= 15 is 0 Å². The lowest BCUT2D eigenvalue weighted by Gasteiger charge is -2.43. The molecule has 17 heavy (non-hydrogen) atoms. The summed E-state index contributed by atoms with van der Waals surface area (Å²) in [5.41, 5.74) is 0.170. The van der Waals surface area contributed by atoms with E-state index in [9.17, 15) is 0 Å². The van der Waals surface area contributed by atoms with E-state index in [1.807, 2.05) is 0 Å². The van der Waals surface area contributed by atoms with Crippen LogP contribution in [0.25, 0.3) is 0 Å². The maximum absolute atomic E-state index is 9.04. The first-order valence-corrected chi connectivity index (χ1v) is 7.95. The molecule has 0 aromatic carbocycles. The Bertz CT molecular complexity index is 226. The van der Waals surface area contributed by atoms with E-state index < -0.39 is 0 Å². The third kappa shape index (κ3) is 3.85. The van der Waals surface area contributed by atoms with Crippen molar-refractivity contribution >= 4 is 11.8 Å². The zero-order valence-corrected chi connectivity index (χ0v) is 11.6. The van der Waals surface area contributed by atoms with Crippen molar-refractivity contribution in [3.63, 3.8) is 0 Å². The molecule has 2 atom stereocenters. The molecule has 2 fully saturated rings. The molecule has 2 rings (SSSR count). The molecular formula is C13H25NO2S. The molecule has 0 aromatic heterocycles. The van der Waals surface area contributed by atoms with Crippen LogP contribution < -0.4 is 5.32 Å². The van der Waals surface area contributed by atoms with Crippen molar-refractivity contribution in [1.82, 2.24) is 5.32 Å². The van der Waals surface area contributed by atoms with Crippen LogP contribution >= 0.6 is 11.8 Å². The number of thioether (sulfide) groups is 1. The van der Waals surface area contributed by atoms with Gasteiger partial charge in [-0.05, 0) is 43.1 Å². The topological polar surface area (TPSA) is 41.5 Å². The van der Waals surface area contributed by atoms with Gasteiger partial charge >= 0.3 is 0 Å². The Morgan fingerprint density at radius 1 is 1.47 bits per heavy atom. The molecule has 2 saturated heterocycles. The van der Waals surface area contributed by atoms with E-state index in [4.69, 9.17) is 9.84 Å². The molecule has 0 saturated carbocycles. The van der Waals surface area contributed by atoms with Gasteiger partial charge < -0.3 is 15.2 Å². The number of nitrogens with one attached hydrogen (secondary N) is 1. The summed E-state index contributed by atoms with van der Waals surface area (Å²) in [4.78, 5) is 0. The van der Waals surface area contributed by atoms with Crippen LogP contribution in [0.1, 0.15) is 32.6 Å². The molecule has 2 unspecified atom stereocenters. The van der Waals surface area contributed by atoms with Crippen LogP contribution in [0, 0.1) is 5.92 Å². The standard InChI is InChI=1S/C13H25NO2S/c1-11(10-15)9-14-12-2-5-16-13(8-12)3-6-17-7-4-13/h11-12,14-15H,2-10H2,1H3. The summed E-state index contributed by atoms with van der Waals surface area (Å²) in [5, 5.41) is 12.6. The average molecular weight is 259 g/mol. The highest BCUT2D eigenvalue weighted by atomic mass is 32.2. The van der Waals surface area contributed by atoms with E-state index in [2.05, 4.69) is 24.0 Å². The zero-order chi connectivity index (χ0) is 12.1. The lowest BCUT2D eigenvalue weighted by atomic mass is 9.85. The molecule has 1 spiro atoms. The Morgan fingerprint density at radius 2 is 2.24 bits per heavy atom. The molecule has 0 bridgehead atoms. The molecule has 2 aliphatic rings. The van der Waals surface area contributed by atoms with Gasteiger partial charge in [-0.15, -0.1) is 0 Å². The molecule has 0 amide bonds. The van der Waals surface area contributed by atoms with Gasteiger partial charge in [-0.1, -0.05) is 6.92 Å². The van der Waals surface area contributed by atoms with Crippen LogP contribution in [0.2, 0.25) is 0 Å². The van der Waals surface area contributed by atoms with Crippen molar-refractivity contribution in [3.05, 3.63) is 0 Å². The summed E-state index contributed by atoms with van der Waals surface area (Å²) in [6, 6.07) is 0.584. The van der Waals surface area contributed by atoms with Gasteiger partial charge in [-0.2, -0.15) is 11.8 Å². The molecule has 3 nitrogen and oxygen atoms in total. The summed E-state index contributed by atoms with van der Waals surface area (Å²) < 4.78 is 6.07. The van der Waals surface area contributed by atoms with E-state index in [0.717, 1.165) is 26.0 Å². The Labute approximate surface area is 109 Å². The second kappa shape index (κ2) is 6.41. The highest BCUT2D eigenvalue weighted by Crippen LogP contribution is 2.37. The summed E-state index contributed by atoms with van der Waals surface area (Å²) in [6.45, 7) is 4.18. The number of aliphatic hydroxyl groups is 1. The van der Waals surface area contributed by atoms with Gasteiger partial charge in [0.25, 0.3) is 0 Å². The summed E-state index contributed by atoms with van der Waals surface area (Å²) in [6.07, 6.45) is 4.70. The number of hydrogen-bond donors (Lipinski definition) is 2. The molecule has 0 aromatic rings. The minimum atomic E-state index is 0.170. The Kier molecular flexibility index (Phi) is 5.15. The predicted octanol–water partition coefficient (Wildman–Crippen LogP) is 1.65. The second-order valence-corrected chi connectivity index (χ2v) is 6.75. The van der Waals surface area contributed by atoms with Crippen molar-refractivity contribution in [3.8, 4) is 0 Å². The Hall–Kier alpha value is 0.230. The van der Waals surface area contributed by atoms with E-state index in [1.54, 1.807) is 0 Å². The molecule has 2 aliphatic heterocycles. The lowest BCUT2D eigenvalue weighted by Crippen LogP contribution is -2.49. The predicted molar refractivity (Wildman–Crippen MR) is 72.5 cm³/mol. The first-order valence-electron chi connectivity index (χ1n) is 6.80. The number of rotatable bonds is 4. The van der Waals surface area contributed by atoms with Gasteiger partial charge in [0.15, 0.2) is 0 Å². The van der Waals surface area contributed by atoms with Crippen molar-refractivity contribution < 1.29 is 9.84 Å². The van der Waals surface area contributed by atoms with Crippen molar-refractivity contribution in [1.29, 1.82) is 0 Å². The highest BCUT2D eigenvalue weighted by Gasteiger charge is 2.38. The fourth-order valence-corrected chi connectivity index (χ4v) is 3.96. The fraction of sp³-hybridized carbons (Fsp3) is 1.00. The normalized spacial score (nSPS) is 30.4. The van der Waals surface area contributed by atoms with Gasteiger partial charge in [0, 0.05) is 25.8 Å². The van der Waals surface area contributed by atoms with E-state index in [-0.39, 0.29) is 12.2 Å². The molecule has 2 heterocycles. The van der Waals surface area contributed by atoms with E-state index in [0.29, 0.717) is 12.0 Å². The van der Waals surface area contributed by atoms with Gasteiger partial charge in [-0.25, -0.2) is 0 Å². The molecule has 0 aliphatic carbocycles. The number of hydrogen-bond acceptors (Lipinski definition) is 4. The zero-order valence-electron chi connectivity index (χ0n) is 10.8. The van der Waals surface area contributed by atoms with Crippen molar-refractivity contribution in [2.45, 2.75) is 44.2 Å². The third-order valence-electron chi connectivity index (χ3n) is 3.96. The third-order valence-corrected chi connectivity index (χ3v) is 4.95. The highest BCUT2D eigenvalue weighted by molar-refractivity contribution is 7.99. The summed E-state index contributed by atoms with van der Waals surface area (Å²) in [5.74, 6) is 2.86. The van der Waals surface area contributed by atoms with Gasteiger partial charge in [0.2, 0.25) is 0 Å². The molecule has 100 valence electrons. The maximum atomic E-state index is 9.04. The number of ether oxygens (including phenoxy) is 1. The van der Waals surface area contributed by atoms with Gasteiger partial charge in [0.1, 0.15) is 0 Å². The molecular weight excluding hydrogens is 234 g/mol. The smallest absolute Gasteiger partial charge is 0.0713 e. The second-order valence-electron chi connectivity index (χ2n) is 5.53. The van der Waals surface area contributed by atoms with Crippen LogP contribution in [0.3, 0.4) is 0 Å². The van der Waals surface area contributed by atoms with Crippen LogP contribution in [0.15, 0.2) is 0 Å². The summed E-state index contributed by atoms with van der Waals surface area (Å²) in [7, 11) is 0. The molecule has 2 N–H and O–H groups in total. The minimum Gasteiger partial charge on any atom is -0.396 e. The van der Waals surface area contributed by atoms with E-state index in [1.165, 1.54) is 24.3 Å². The first-order chi connectivity index (χ1) is 8.24. The van der Waals surface area contributed by atoms with Crippen molar-refractivity contribution in [2.24, 2.45) is 5.92 Å². The lowest BCUT2D eigenvalue weighted by molar-refractivity contribution is -0.0934. The quantitative estimate of drug-likeness (QED) is 0.805. The molecule has 0 radical (unpaired) electrons. The average Bonchev–Trinajstić information content (AvgIpc) is 2.37. The first kappa shape index (κ1) is 13.7. The monoisotopic (exact) mass is 259 g/mol. The summed E-state index contributed by atoms with van der Waals surface area (Å²) >= 11 is 2.05. The minimum absolute atomic E-state index is 0.170. The van der Waals surface area contributed by atoms with Crippen LogP contribution in [0.5, 0.6) is 0 Å². The van der Waals surface area contributed by atoms with Crippen LogP contribution in [-0.4, -0.2) is 48.0 Å².